The van der Waals surface area contributed by atoms with Gasteiger partial charge in [0.1, 0.15) is 0 Å². The lowest BCUT2D eigenvalue weighted by molar-refractivity contribution is 1.07. The van der Waals surface area contributed by atoms with Gasteiger partial charge in [-0.3, -0.25) is 0 Å². The van der Waals surface area contributed by atoms with Gasteiger partial charge in [-0.25, -0.2) is 0 Å². The largest absolute Gasteiger partial charge is 0.326 e. The van der Waals surface area contributed by atoms with Crippen molar-refractivity contribution in [2.45, 2.75) is 6.54 Å². The molecule has 0 fully saturated rings. The van der Waals surface area contributed by atoms with Gasteiger partial charge < -0.3 is 5.73 Å². The van der Waals surface area contributed by atoms with E-state index in [0.29, 0.717) is 6.54 Å². The molecule has 0 aliphatic carbocycles. The molecule has 0 heterocycles. The molecular formula is C13H14BrN. The summed E-state index contributed by atoms with van der Waals surface area (Å²) in [4.78, 5) is 0. The maximum atomic E-state index is 5.60. The summed E-state index contributed by atoms with van der Waals surface area (Å²) < 4.78 is 0. The van der Waals surface area contributed by atoms with Crippen LogP contribution in [0, 0.1) is 0 Å². The predicted octanol–water partition coefficient (Wildman–Crippen LogP) is 3.39. The van der Waals surface area contributed by atoms with Crippen LogP contribution in [0.4, 0.5) is 0 Å². The predicted molar refractivity (Wildman–Crippen MR) is 70.1 cm³/mol. The number of rotatable bonds is 2. The summed E-state index contributed by atoms with van der Waals surface area (Å²) in [5.74, 6) is 0. The second-order valence-corrected chi connectivity index (χ2v) is 3.27. The van der Waals surface area contributed by atoms with E-state index < -0.39 is 0 Å². The highest BCUT2D eigenvalue weighted by Gasteiger charge is 1.96. The van der Waals surface area contributed by atoms with Crippen molar-refractivity contribution in [3.05, 3.63) is 60.2 Å². The van der Waals surface area contributed by atoms with Crippen molar-refractivity contribution in [2.24, 2.45) is 5.73 Å². The van der Waals surface area contributed by atoms with Gasteiger partial charge in [-0.05, 0) is 22.8 Å². The first-order chi connectivity index (χ1) is 6.90. The Balaban J connectivity index is 0.00000112. The van der Waals surface area contributed by atoms with Crippen molar-refractivity contribution < 1.29 is 0 Å². The van der Waals surface area contributed by atoms with Crippen LogP contribution in [-0.2, 0) is 6.54 Å². The van der Waals surface area contributed by atoms with Gasteiger partial charge in [-0.15, -0.1) is 17.0 Å². The molecule has 0 atom stereocenters. The number of nitrogens with two attached hydrogens (primary N) is 1. The molecule has 15 heavy (non-hydrogen) atoms. The van der Waals surface area contributed by atoms with Crippen molar-refractivity contribution >= 4 is 17.0 Å². The lowest BCUT2D eigenvalue weighted by Crippen LogP contribution is -1.95. The highest BCUT2D eigenvalue weighted by atomic mass is 79.9. The van der Waals surface area contributed by atoms with Gasteiger partial charge in [0, 0.05) is 6.54 Å². The lowest BCUT2D eigenvalue weighted by Gasteiger charge is -2.03. The summed E-state index contributed by atoms with van der Waals surface area (Å²) >= 11 is 0. The molecule has 2 rings (SSSR count). The van der Waals surface area contributed by atoms with Crippen molar-refractivity contribution in [2.75, 3.05) is 0 Å². The van der Waals surface area contributed by atoms with Crippen LogP contribution >= 0.6 is 17.0 Å². The third-order valence-corrected chi connectivity index (χ3v) is 2.27. The SMILES string of the molecule is Br.NCc1cccc(-c2ccccc2)c1. The average Bonchev–Trinajstić information content (AvgIpc) is 2.30. The summed E-state index contributed by atoms with van der Waals surface area (Å²) in [6, 6.07) is 18.7. The minimum absolute atomic E-state index is 0. The third kappa shape index (κ3) is 2.91. The Morgan fingerprint density at radius 1 is 0.800 bits per heavy atom. The van der Waals surface area contributed by atoms with Crippen LogP contribution in [0.5, 0.6) is 0 Å². The van der Waals surface area contributed by atoms with Crippen LogP contribution in [0.1, 0.15) is 5.56 Å². The first kappa shape index (κ1) is 12.0. The Morgan fingerprint density at radius 2 is 1.47 bits per heavy atom. The molecule has 0 radical (unpaired) electrons. The van der Waals surface area contributed by atoms with Crippen LogP contribution in [0.3, 0.4) is 0 Å². The average molecular weight is 264 g/mol. The van der Waals surface area contributed by atoms with Gasteiger partial charge in [0.25, 0.3) is 0 Å². The molecule has 0 unspecified atom stereocenters. The summed E-state index contributed by atoms with van der Waals surface area (Å²) in [5, 5.41) is 0. The van der Waals surface area contributed by atoms with Crippen molar-refractivity contribution in [3.8, 4) is 11.1 Å². The molecule has 0 amide bonds. The zero-order valence-corrected chi connectivity index (χ0v) is 10.1. The standard InChI is InChI=1S/C13H13N.BrH/c14-10-11-5-4-8-13(9-11)12-6-2-1-3-7-12;/h1-9H,10,14H2;1H. The zero-order valence-electron chi connectivity index (χ0n) is 8.39. The topological polar surface area (TPSA) is 26.0 Å². The smallest absolute Gasteiger partial charge is 0.0178 e. The van der Waals surface area contributed by atoms with E-state index in [1.807, 2.05) is 30.3 Å². The molecule has 0 bridgehead atoms. The van der Waals surface area contributed by atoms with Gasteiger partial charge in [0.05, 0.1) is 0 Å². The van der Waals surface area contributed by atoms with Crippen LogP contribution < -0.4 is 5.73 Å². The van der Waals surface area contributed by atoms with E-state index >= 15 is 0 Å². The van der Waals surface area contributed by atoms with E-state index in [1.165, 1.54) is 16.7 Å². The first-order valence-electron chi connectivity index (χ1n) is 4.74. The van der Waals surface area contributed by atoms with Crippen LogP contribution in [-0.4, -0.2) is 0 Å². The molecule has 1 nitrogen and oxygen atoms in total. The Hall–Kier alpha value is -1.12. The molecule has 78 valence electrons. The Morgan fingerprint density at radius 3 is 2.13 bits per heavy atom. The second-order valence-electron chi connectivity index (χ2n) is 3.27. The third-order valence-electron chi connectivity index (χ3n) is 2.27. The molecule has 0 aliphatic heterocycles. The minimum Gasteiger partial charge on any atom is -0.326 e. The van der Waals surface area contributed by atoms with Crippen molar-refractivity contribution in [1.82, 2.24) is 0 Å². The molecule has 2 aromatic rings. The number of hydrogen-bond acceptors (Lipinski definition) is 1. The van der Waals surface area contributed by atoms with E-state index in [1.54, 1.807) is 0 Å². The Labute approximate surface area is 101 Å². The van der Waals surface area contributed by atoms with E-state index in [-0.39, 0.29) is 17.0 Å². The molecule has 0 saturated heterocycles. The monoisotopic (exact) mass is 263 g/mol. The van der Waals surface area contributed by atoms with Gasteiger partial charge in [0.15, 0.2) is 0 Å². The number of hydrogen-bond donors (Lipinski definition) is 1. The molecule has 2 aromatic carbocycles. The lowest BCUT2D eigenvalue weighted by atomic mass is 10.0. The number of benzene rings is 2. The Bertz CT molecular complexity index is 412. The molecule has 0 aromatic heterocycles. The molecule has 2 heteroatoms. The summed E-state index contributed by atoms with van der Waals surface area (Å²) in [6.07, 6.45) is 0. The molecule has 2 N–H and O–H groups in total. The highest BCUT2D eigenvalue weighted by Crippen LogP contribution is 2.19. The van der Waals surface area contributed by atoms with Crippen LogP contribution in [0.15, 0.2) is 54.6 Å². The Kier molecular flexibility index (Phi) is 4.53. The van der Waals surface area contributed by atoms with E-state index in [0.717, 1.165) is 0 Å². The summed E-state index contributed by atoms with van der Waals surface area (Å²) in [7, 11) is 0. The van der Waals surface area contributed by atoms with E-state index in [2.05, 4.69) is 24.3 Å². The second kappa shape index (κ2) is 5.69. The van der Waals surface area contributed by atoms with Crippen LogP contribution in [0.2, 0.25) is 0 Å². The van der Waals surface area contributed by atoms with Gasteiger partial charge in [-0.2, -0.15) is 0 Å². The highest BCUT2D eigenvalue weighted by molar-refractivity contribution is 8.93. The molecule has 0 saturated carbocycles. The fraction of sp³-hybridized carbons (Fsp3) is 0.0769. The van der Waals surface area contributed by atoms with Crippen molar-refractivity contribution in [1.29, 1.82) is 0 Å². The van der Waals surface area contributed by atoms with Gasteiger partial charge in [0.2, 0.25) is 0 Å². The fourth-order valence-corrected chi connectivity index (χ4v) is 1.51. The van der Waals surface area contributed by atoms with E-state index in [4.69, 9.17) is 5.73 Å². The minimum atomic E-state index is 0. The normalized spacial score (nSPS) is 9.40. The van der Waals surface area contributed by atoms with Gasteiger partial charge >= 0.3 is 0 Å². The molecule has 0 spiro atoms. The van der Waals surface area contributed by atoms with E-state index in [9.17, 15) is 0 Å². The number of halogens is 1. The molecular weight excluding hydrogens is 250 g/mol. The van der Waals surface area contributed by atoms with Gasteiger partial charge in [-0.1, -0.05) is 48.5 Å². The van der Waals surface area contributed by atoms with Crippen molar-refractivity contribution in [3.63, 3.8) is 0 Å². The fourth-order valence-electron chi connectivity index (χ4n) is 1.51. The quantitative estimate of drug-likeness (QED) is 0.884. The first-order valence-corrected chi connectivity index (χ1v) is 4.74. The summed E-state index contributed by atoms with van der Waals surface area (Å²) in [5.41, 5.74) is 9.24. The molecule has 0 aliphatic rings. The maximum absolute atomic E-state index is 5.60. The van der Waals surface area contributed by atoms with Crippen LogP contribution in [0.25, 0.3) is 11.1 Å². The maximum Gasteiger partial charge on any atom is 0.0178 e. The zero-order chi connectivity index (χ0) is 9.80. The summed E-state index contributed by atoms with van der Waals surface area (Å²) in [6.45, 7) is 0.598.